The molecule has 0 aliphatic heterocycles. The summed E-state index contributed by atoms with van der Waals surface area (Å²) in [4.78, 5) is 24.8. The maximum atomic E-state index is 12.5. The minimum atomic E-state index is -0.429. The maximum absolute atomic E-state index is 12.5. The second-order valence-corrected chi connectivity index (χ2v) is 5.61. The first kappa shape index (κ1) is 15.4. The van der Waals surface area contributed by atoms with E-state index in [4.69, 9.17) is 11.6 Å². The predicted octanol–water partition coefficient (Wildman–Crippen LogP) is 3.37. The minimum Gasteiger partial charge on any atom is -0.351 e. The third kappa shape index (κ3) is 2.87. The number of nitrogens with zero attached hydrogens (tertiary/aromatic N) is 2. The molecule has 23 heavy (non-hydrogen) atoms. The van der Waals surface area contributed by atoms with Crippen LogP contribution in [0, 0.1) is 0 Å². The molecule has 0 saturated heterocycles. The second-order valence-electron chi connectivity index (χ2n) is 5.24. The molecule has 3 rings (SSSR count). The Morgan fingerprint density at radius 1 is 1.00 bits per heavy atom. The van der Waals surface area contributed by atoms with Gasteiger partial charge in [-0.2, -0.15) is 10.2 Å². The van der Waals surface area contributed by atoms with Crippen molar-refractivity contribution in [3.05, 3.63) is 64.1 Å². The third-order valence-electron chi connectivity index (χ3n) is 3.63. The molecule has 0 amide bonds. The SMILES string of the molecule is CCCc1ccc(NC2=C(Cl)C(=O)c3cnncc3C2=O)cc1. The van der Waals surface area contributed by atoms with E-state index in [-0.39, 0.29) is 27.6 Å². The number of rotatable bonds is 4. The Hall–Kier alpha value is -2.53. The summed E-state index contributed by atoms with van der Waals surface area (Å²) in [6.45, 7) is 2.11. The van der Waals surface area contributed by atoms with Crippen molar-refractivity contribution < 1.29 is 9.59 Å². The third-order valence-corrected chi connectivity index (χ3v) is 3.99. The monoisotopic (exact) mass is 327 g/mol. The summed E-state index contributed by atoms with van der Waals surface area (Å²) in [6.07, 6.45) is 4.60. The van der Waals surface area contributed by atoms with Gasteiger partial charge in [-0.25, -0.2) is 0 Å². The first-order valence-electron chi connectivity index (χ1n) is 7.27. The average Bonchev–Trinajstić information content (AvgIpc) is 2.58. The Morgan fingerprint density at radius 2 is 1.61 bits per heavy atom. The minimum absolute atomic E-state index is 0.0698. The zero-order chi connectivity index (χ0) is 16.4. The second kappa shape index (κ2) is 6.30. The first-order valence-corrected chi connectivity index (χ1v) is 7.65. The summed E-state index contributed by atoms with van der Waals surface area (Å²) in [5.41, 5.74) is 2.37. The summed E-state index contributed by atoms with van der Waals surface area (Å²) in [7, 11) is 0. The highest BCUT2D eigenvalue weighted by Crippen LogP contribution is 2.28. The summed E-state index contributed by atoms with van der Waals surface area (Å²) in [5.74, 6) is -0.793. The van der Waals surface area contributed by atoms with Gasteiger partial charge in [0, 0.05) is 5.69 Å². The van der Waals surface area contributed by atoms with Crippen molar-refractivity contribution in [2.45, 2.75) is 19.8 Å². The summed E-state index contributed by atoms with van der Waals surface area (Å²) < 4.78 is 0. The van der Waals surface area contributed by atoms with Crippen LogP contribution in [0.15, 0.2) is 47.4 Å². The zero-order valence-electron chi connectivity index (χ0n) is 12.5. The molecule has 0 fully saturated rings. The number of carbonyl (C=O) groups is 2. The number of nitrogens with one attached hydrogen (secondary N) is 1. The molecule has 0 radical (unpaired) electrons. The molecule has 0 unspecified atom stereocenters. The summed E-state index contributed by atoms with van der Waals surface area (Å²) in [5, 5.41) is 10.1. The molecule has 116 valence electrons. The summed E-state index contributed by atoms with van der Waals surface area (Å²) >= 11 is 6.09. The van der Waals surface area contributed by atoms with Crippen LogP contribution in [0.1, 0.15) is 39.6 Å². The largest absolute Gasteiger partial charge is 0.351 e. The Balaban J connectivity index is 1.92. The van der Waals surface area contributed by atoms with Crippen molar-refractivity contribution in [1.29, 1.82) is 0 Å². The Kier molecular flexibility index (Phi) is 4.21. The number of aromatic nitrogens is 2. The standard InChI is InChI=1S/C17H14ClN3O2/c1-2-3-10-4-6-11(7-5-10)21-15-14(18)16(22)12-8-19-20-9-13(12)17(15)23/h4-9,21H,2-3H2,1H3. The van der Waals surface area contributed by atoms with E-state index in [1.807, 2.05) is 24.3 Å². The number of anilines is 1. The van der Waals surface area contributed by atoms with E-state index in [2.05, 4.69) is 22.4 Å². The lowest BCUT2D eigenvalue weighted by molar-refractivity contribution is 0.0981. The van der Waals surface area contributed by atoms with Crippen LogP contribution in [-0.4, -0.2) is 21.8 Å². The fourth-order valence-corrected chi connectivity index (χ4v) is 2.68. The van der Waals surface area contributed by atoms with Crippen LogP contribution in [0.2, 0.25) is 0 Å². The average molecular weight is 328 g/mol. The molecule has 6 heteroatoms. The van der Waals surface area contributed by atoms with E-state index in [9.17, 15) is 9.59 Å². The molecule has 1 aromatic carbocycles. The molecule has 1 N–H and O–H groups in total. The lowest BCUT2D eigenvalue weighted by Crippen LogP contribution is -2.24. The van der Waals surface area contributed by atoms with Gasteiger partial charge in [-0.1, -0.05) is 37.1 Å². The fourth-order valence-electron chi connectivity index (χ4n) is 2.45. The predicted molar refractivity (Wildman–Crippen MR) is 87.6 cm³/mol. The van der Waals surface area contributed by atoms with E-state index < -0.39 is 5.78 Å². The molecule has 1 aliphatic carbocycles. The zero-order valence-corrected chi connectivity index (χ0v) is 13.2. The van der Waals surface area contributed by atoms with Crippen LogP contribution < -0.4 is 5.32 Å². The number of carbonyl (C=O) groups excluding carboxylic acids is 2. The smallest absolute Gasteiger partial charge is 0.213 e. The molecule has 0 saturated carbocycles. The molecule has 1 aromatic heterocycles. The van der Waals surface area contributed by atoms with Crippen LogP contribution in [-0.2, 0) is 6.42 Å². The van der Waals surface area contributed by atoms with Gasteiger partial charge in [-0.15, -0.1) is 0 Å². The number of hydrogen-bond donors (Lipinski definition) is 1. The normalized spacial score (nSPS) is 14.0. The van der Waals surface area contributed by atoms with Crippen LogP contribution in [0.3, 0.4) is 0 Å². The van der Waals surface area contributed by atoms with E-state index in [0.29, 0.717) is 5.69 Å². The molecule has 0 spiro atoms. The van der Waals surface area contributed by atoms with Crippen LogP contribution in [0.25, 0.3) is 0 Å². The van der Waals surface area contributed by atoms with Crippen LogP contribution >= 0.6 is 11.6 Å². The summed E-state index contributed by atoms with van der Waals surface area (Å²) in [6, 6.07) is 7.68. The highest BCUT2D eigenvalue weighted by Gasteiger charge is 2.32. The molecule has 5 nitrogen and oxygen atoms in total. The number of aryl methyl sites for hydroxylation is 1. The Labute approximate surface area is 138 Å². The molecule has 2 aromatic rings. The van der Waals surface area contributed by atoms with Crippen molar-refractivity contribution in [1.82, 2.24) is 10.2 Å². The molecule has 0 atom stereocenters. The van der Waals surface area contributed by atoms with Crippen molar-refractivity contribution in [3.8, 4) is 0 Å². The van der Waals surface area contributed by atoms with E-state index >= 15 is 0 Å². The van der Waals surface area contributed by atoms with Crippen molar-refractivity contribution in [3.63, 3.8) is 0 Å². The molecule has 1 aliphatic rings. The number of benzene rings is 1. The van der Waals surface area contributed by atoms with Gasteiger partial charge in [0.1, 0.15) is 10.7 Å². The van der Waals surface area contributed by atoms with Gasteiger partial charge in [-0.05, 0) is 24.1 Å². The van der Waals surface area contributed by atoms with Gasteiger partial charge >= 0.3 is 0 Å². The van der Waals surface area contributed by atoms with Gasteiger partial charge in [0.2, 0.25) is 11.6 Å². The molecular formula is C17H14ClN3O2. The first-order chi connectivity index (χ1) is 11.1. The van der Waals surface area contributed by atoms with E-state index in [1.54, 1.807) is 0 Å². The highest BCUT2D eigenvalue weighted by molar-refractivity contribution is 6.50. The Bertz CT molecular complexity index is 813. The lowest BCUT2D eigenvalue weighted by Gasteiger charge is -2.18. The van der Waals surface area contributed by atoms with Crippen LogP contribution in [0.4, 0.5) is 5.69 Å². The highest BCUT2D eigenvalue weighted by atomic mass is 35.5. The van der Waals surface area contributed by atoms with Crippen LogP contribution in [0.5, 0.6) is 0 Å². The number of Topliss-reactive ketones (excluding diaryl/α,β-unsaturated/α-hetero) is 2. The van der Waals surface area contributed by atoms with E-state index in [1.165, 1.54) is 18.0 Å². The lowest BCUT2D eigenvalue weighted by atomic mass is 9.95. The van der Waals surface area contributed by atoms with E-state index in [0.717, 1.165) is 12.8 Å². The maximum Gasteiger partial charge on any atom is 0.213 e. The quantitative estimate of drug-likeness (QED) is 0.932. The van der Waals surface area contributed by atoms with Gasteiger partial charge in [0.05, 0.1) is 23.5 Å². The van der Waals surface area contributed by atoms with Crippen molar-refractivity contribution >= 4 is 28.9 Å². The Morgan fingerprint density at radius 3 is 2.22 bits per heavy atom. The molecular weight excluding hydrogens is 314 g/mol. The number of halogens is 1. The van der Waals surface area contributed by atoms with Gasteiger partial charge < -0.3 is 5.32 Å². The van der Waals surface area contributed by atoms with Crippen molar-refractivity contribution in [2.24, 2.45) is 0 Å². The molecule has 0 bridgehead atoms. The topological polar surface area (TPSA) is 72.0 Å². The number of allylic oxidation sites excluding steroid dienone is 2. The van der Waals surface area contributed by atoms with Crippen molar-refractivity contribution in [2.75, 3.05) is 5.32 Å². The molecule has 1 heterocycles. The number of fused-ring (bicyclic) bond motifs is 1. The number of ketones is 2. The fraction of sp³-hybridized carbons (Fsp3) is 0.176. The number of hydrogen-bond acceptors (Lipinski definition) is 5. The van der Waals surface area contributed by atoms with Gasteiger partial charge in [0.25, 0.3) is 0 Å². The van der Waals surface area contributed by atoms with Gasteiger partial charge in [0.15, 0.2) is 0 Å². The van der Waals surface area contributed by atoms with Gasteiger partial charge in [-0.3, -0.25) is 9.59 Å².